The Labute approximate surface area is 113 Å². The molecule has 1 N–H and O–H groups in total. The molecule has 0 aromatic heterocycles. The van der Waals surface area contributed by atoms with Crippen LogP contribution in [0.1, 0.15) is 45.4 Å². The van der Waals surface area contributed by atoms with Crippen LogP contribution in [0.4, 0.5) is 0 Å². The first-order valence-corrected chi connectivity index (χ1v) is 8.04. The quantitative estimate of drug-likeness (QED) is 0.825. The molecule has 2 bridgehead atoms. The second-order valence-electron chi connectivity index (χ2n) is 7.68. The number of rotatable bonds is 4. The second kappa shape index (κ2) is 5.13. The lowest BCUT2D eigenvalue weighted by Gasteiger charge is -2.38. The molecule has 1 heterocycles. The van der Waals surface area contributed by atoms with E-state index in [0.29, 0.717) is 5.41 Å². The van der Waals surface area contributed by atoms with E-state index in [1.54, 1.807) is 6.42 Å². The third-order valence-electron chi connectivity index (χ3n) is 6.04. The van der Waals surface area contributed by atoms with Crippen LogP contribution in [0.3, 0.4) is 0 Å². The van der Waals surface area contributed by atoms with Gasteiger partial charge < -0.3 is 10.2 Å². The van der Waals surface area contributed by atoms with E-state index in [-0.39, 0.29) is 0 Å². The summed E-state index contributed by atoms with van der Waals surface area (Å²) < 4.78 is 0. The second-order valence-corrected chi connectivity index (χ2v) is 7.68. The molecule has 0 amide bonds. The summed E-state index contributed by atoms with van der Waals surface area (Å²) in [6.45, 7) is 7.59. The maximum absolute atomic E-state index is 3.82. The van der Waals surface area contributed by atoms with E-state index in [9.17, 15) is 0 Å². The van der Waals surface area contributed by atoms with Crippen molar-refractivity contribution in [3.05, 3.63) is 0 Å². The summed E-state index contributed by atoms with van der Waals surface area (Å²) >= 11 is 0. The van der Waals surface area contributed by atoms with Crippen molar-refractivity contribution in [2.75, 3.05) is 33.2 Å². The molecule has 3 atom stereocenters. The minimum atomic E-state index is 0.560. The van der Waals surface area contributed by atoms with Gasteiger partial charge in [0.1, 0.15) is 0 Å². The Bertz CT molecular complexity index is 281. The lowest BCUT2D eigenvalue weighted by molar-refractivity contribution is 0.134. The minimum Gasteiger partial charge on any atom is -0.316 e. The van der Waals surface area contributed by atoms with Gasteiger partial charge in [0.15, 0.2) is 0 Å². The molecule has 3 fully saturated rings. The number of nitrogens with one attached hydrogen (secondary N) is 1. The smallest absolute Gasteiger partial charge is 0.000623 e. The van der Waals surface area contributed by atoms with E-state index in [1.807, 2.05) is 0 Å². The van der Waals surface area contributed by atoms with E-state index >= 15 is 0 Å². The maximum Gasteiger partial charge on any atom is 0.000623 e. The van der Waals surface area contributed by atoms with Gasteiger partial charge in [0, 0.05) is 6.54 Å². The Morgan fingerprint density at radius 1 is 1.17 bits per heavy atom. The molecule has 1 aliphatic heterocycles. The Balaban J connectivity index is 1.39. The van der Waals surface area contributed by atoms with E-state index < -0.39 is 0 Å². The fraction of sp³-hybridized carbons (Fsp3) is 1.00. The largest absolute Gasteiger partial charge is 0.316 e. The van der Waals surface area contributed by atoms with Gasteiger partial charge >= 0.3 is 0 Å². The summed E-state index contributed by atoms with van der Waals surface area (Å²) in [4.78, 5) is 2.47. The van der Waals surface area contributed by atoms with Gasteiger partial charge in [-0.15, -0.1) is 0 Å². The highest BCUT2D eigenvalue weighted by Gasteiger charge is 2.39. The molecule has 2 saturated carbocycles. The third-order valence-corrected chi connectivity index (χ3v) is 6.04. The first-order chi connectivity index (χ1) is 8.65. The highest BCUT2D eigenvalue weighted by molar-refractivity contribution is 4.91. The van der Waals surface area contributed by atoms with Crippen LogP contribution < -0.4 is 5.32 Å². The van der Waals surface area contributed by atoms with Crippen LogP contribution in [0.15, 0.2) is 0 Å². The fourth-order valence-electron chi connectivity index (χ4n) is 4.52. The summed E-state index contributed by atoms with van der Waals surface area (Å²) in [7, 11) is 2.25. The molecular formula is C16H30N2. The van der Waals surface area contributed by atoms with Crippen molar-refractivity contribution in [3.63, 3.8) is 0 Å². The van der Waals surface area contributed by atoms with Crippen LogP contribution in [-0.4, -0.2) is 38.1 Å². The van der Waals surface area contributed by atoms with Crippen LogP contribution in [-0.2, 0) is 0 Å². The number of piperidine rings is 1. The van der Waals surface area contributed by atoms with E-state index in [0.717, 1.165) is 17.8 Å². The van der Waals surface area contributed by atoms with Crippen LogP contribution in [0.2, 0.25) is 0 Å². The van der Waals surface area contributed by atoms with Gasteiger partial charge in [0.05, 0.1) is 0 Å². The molecular weight excluding hydrogens is 220 g/mol. The molecule has 2 nitrogen and oxygen atoms in total. The number of hydrogen-bond acceptors (Lipinski definition) is 2. The average molecular weight is 250 g/mol. The molecule has 3 aliphatic rings. The molecule has 3 rings (SSSR count). The predicted molar refractivity (Wildman–Crippen MR) is 76.6 cm³/mol. The number of likely N-dealkylation sites (tertiary alicyclic amines) is 1. The zero-order valence-electron chi connectivity index (χ0n) is 12.3. The van der Waals surface area contributed by atoms with Crippen LogP contribution in [0, 0.1) is 23.2 Å². The monoisotopic (exact) mass is 250 g/mol. The molecule has 18 heavy (non-hydrogen) atoms. The van der Waals surface area contributed by atoms with Gasteiger partial charge in [0.25, 0.3) is 0 Å². The van der Waals surface area contributed by atoms with Gasteiger partial charge in [-0.05, 0) is 82.0 Å². The number of fused-ring (bicyclic) bond motifs is 2. The average Bonchev–Trinajstić information content (AvgIpc) is 2.96. The van der Waals surface area contributed by atoms with Crippen molar-refractivity contribution in [1.82, 2.24) is 10.2 Å². The Kier molecular flexibility index (Phi) is 3.68. The third kappa shape index (κ3) is 2.75. The van der Waals surface area contributed by atoms with E-state index in [4.69, 9.17) is 0 Å². The molecule has 3 unspecified atom stereocenters. The summed E-state index contributed by atoms with van der Waals surface area (Å²) in [6, 6.07) is 0. The predicted octanol–water partition coefficient (Wildman–Crippen LogP) is 2.74. The molecule has 0 radical (unpaired) electrons. The van der Waals surface area contributed by atoms with Gasteiger partial charge in [-0.2, -0.15) is 0 Å². The zero-order valence-corrected chi connectivity index (χ0v) is 12.3. The van der Waals surface area contributed by atoms with Crippen molar-refractivity contribution in [2.24, 2.45) is 23.2 Å². The summed E-state index contributed by atoms with van der Waals surface area (Å²) in [5.74, 6) is 3.19. The lowest BCUT2D eigenvalue weighted by atomic mass is 9.80. The van der Waals surface area contributed by atoms with Crippen molar-refractivity contribution in [3.8, 4) is 0 Å². The standard InChI is InChI=1S/C16H30N2/c1-16(5-7-18(2)8-6-16)12-17-11-15-10-13-3-4-14(15)9-13/h13-15,17H,3-12H2,1-2H3. The molecule has 0 aromatic rings. The highest BCUT2D eigenvalue weighted by Crippen LogP contribution is 2.48. The molecule has 2 heteroatoms. The topological polar surface area (TPSA) is 15.3 Å². The van der Waals surface area contributed by atoms with Crippen LogP contribution in [0.5, 0.6) is 0 Å². The Hall–Kier alpha value is -0.0800. The number of hydrogen-bond donors (Lipinski definition) is 1. The highest BCUT2D eigenvalue weighted by atomic mass is 15.1. The lowest BCUT2D eigenvalue weighted by Crippen LogP contribution is -2.43. The molecule has 2 aliphatic carbocycles. The van der Waals surface area contributed by atoms with Crippen LogP contribution in [0.25, 0.3) is 0 Å². The van der Waals surface area contributed by atoms with Gasteiger partial charge in [-0.25, -0.2) is 0 Å². The summed E-state index contributed by atoms with van der Waals surface area (Å²) in [6.07, 6.45) is 8.87. The van der Waals surface area contributed by atoms with E-state index in [1.165, 1.54) is 58.3 Å². The zero-order chi connectivity index (χ0) is 12.6. The van der Waals surface area contributed by atoms with Crippen molar-refractivity contribution < 1.29 is 0 Å². The maximum atomic E-state index is 3.82. The SMILES string of the molecule is CN1CCC(C)(CNCC2CC3CCC2C3)CC1. The van der Waals surface area contributed by atoms with Crippen LogP contribution >= 0.6 is 0 Å². The van der Waals surface area contributed by atoms with Gasteiger partial charge in [-0.1, -0.05) is 13.3 Å². The van der Waals surface area contributed by atoms with Crippen molar-refractivity contribution >= 4 is 0 Å². The molecule has 0 spiro atoms. The van der Waals surface area contributed by atoms with Crippen molar-refractivity contribution in [1.29, 1.82) is 0 Å². The molecule has 104 valence electrons. The first-order valence-electron chi connectivity index (χ1n) is 8.04. The first kappa shape index (κ1) is 12.9. The van der Waals surface area contributed by atoms with Crippen molar-refractivity contribution in [2.45, 2.75) is 45.4 Å². The minimum absolute atomic E-state index is 0.560. The van der Waals surface area contributed by atoms with E-state index in [2.05, 4.69) is 24.2 Å². The fourth-order valence-corrected chi connectivity index (χ4v) is 4.52. The Morgan fingerprint density at radius 2 is 1.94 bits per heavy atom. The molecule has 0 aromatic carbocycles. The Morgan fingerprint density at radius 3 is 2.56 bits per heavy atom. The van der Waals surface area contributed by atoms with Gasteiger partial charge in [0.2, 0.25) is 0 Å². The summed E-state index contributed by atoms with van der Waals surface area (Å²) in [5.41, 5.74) is 0.560. The normalized spacial score (nSPS) is 39.3. The summed E-state index contributed by atoms with van der Waals surface area (Å²) in [5, 5.41) is 3.82. The van der Waals surface area contributed by atoms with Gasteiger partial charge in [-0.3, -0.25) is 0 Å². The molecule has 1 saturated heterocycles. The number of nitrogens with zero attached hydrogens (tertiary/aromatic N) is 1.